The molecule has 0 aliphatic rings. The number of methoxy groups -OCH3 is 1. The number of amides is 1. The van der Waals surface area contributed by atoms with Crippen LogP contribution in [0.25, 0.3) is 0 Å². The number of benzene rings is 1. The second kappa shape index (κ2) is 8.59. The van der Waals surface area contributed by atoms with Crippen molar-refractivity contribution in [1.29, 1.82) is 0 Å². The smallest absolute Gasteiger partial charge is 0.234 e. The highest BCUT2D eigenvalue weighted by molar-refractivity contribution is 5.78. The first-order valence-electron chi connectivity index (χ1n) is 7.27. The van der Waals surface area contributed by atoms with Gasteiger partial charge in [-0.1, -0.05) is 26.0 Å². The number of hydrogen-bond donors (Lipinski definition) is 2. The molecule has 0 aliphatic carbocycles. The van der Waals surface area contributed by atoms with E-state index in [1.807, 2.05) is 31.2 Å². The van der Waals surface area contributed by atoms with E-state index >= 15 is 0 Å². The van der Waals surface area contributed by atoms with Gasteiger partial charge in [0.1, 0.15) is 5.75 Å². The second-order valence-corrected chi connectivity index (χ2v) is 4.96. The Morgan fingerprint density at radius 3 is 2.60 bits per heavy atom. The van der Waals surface area contributed by atoms with Crippen LogP contribution in [0.5, 0.6) is 5.75 Å². The fourth-order valence-electron chi connectivity index (χ4n) is 2.05. The highest BCUT2D eigenvalue weighted by Crippen LogP contribution is 2.18. The summed E-state index contributed by atoms with van der Waals surface area (Å²) in [7, 11) is 1.65. The Kier molecular flexibility index (Phi) is 7.09. The van der Waals surface area contributed by atoms with Crippen LogP contribution in [0.1, 0.15) is 45.2 Å². The lowest BCUT2D eigenvalue weighted by Crippen LogP contribution is -2.40. The topological polar surface area (TPSA) is 50.4 Å². The summed E-state index contributed by atoms with van der Waals surface area (Å²) in [6.45, 7) is 6.54. The predicted octanol–water partition coefficient (Wildman–Crippen LogP) is 2.65. The van der Waals surface area contributed by atoms with E-state index in [0.717, 1.165) is 24.2 Å². The molecule has 0 heterocycles. The molecule has 20 heavy (non-hydrogen) atoms. The largest absolute Gasteiger partial charge is 0.497 e. The van der Waals surface area contributed by atoms with Crippen molar-refractivity contribution in [1.82, 2.24) is 10.6 Å². The van der Waals surface area contributed by atoms with Gasteiger partial charge < -0.3 is 15.4 Å². The van der Waals surface area contributed by atoms with Crippen LogP contribution in [0, 0.1) is 0 Å². The minimum Gasteiger partial charge on any atom is -0.497 e. The third kappa shape index (κ3) is 5.21. The van der Waals surface area contributed by atoms with E-state index in [-0.39, 0.29) is 18.0 Å². The number of rotatable bonds is 8. The molecular weight excluding hydrogens is 252 g/mol. The van der Waals surface area contributed by atoms with E-state index in [9.17, 15) is 4.79 Å². The van der Waals surface area contributed by atoms with Gasteiger partial charge in [-0.05, 0) is 37.5 Å². The van der Waals surface area contributed by atoms with Crippen LogP contribution < -0.4 is 15.4 Å². The maximum atomic E-state index is 11.8. The van der Waals surface area contributed by atoms with Gasteiger partial charge in [-0.2, -0.15) is 0 Å². The van der Waals surface area contributed by atoms with E-state index in [4.69, 9.17) is 4.74 Å². The van der Waals surface area contributed by atoms with Crippen LogP contribution >= 0.6 is 0 Å². The van der Waals surface area contributed by atoms with Gasteiger partial charge >= 0.3 is 0 Å². The Labute approximate surface area is 121 Å². The molecule has 1 amide bonds. The summed E-state index contributed by atoms with van der Waals surface area (Å²) in [5, 5.41) is 6.26. The Morgan fingerprint density at radius 1 is 1.30 bits per heavy atom. The summed E-state index contributed by atoms with van der Waals surface area (Å²) >= 11 is 0. The van der Waals surface area contributed by atoms with Gasteiger partial charge in [0.05, 0.1) is 13.7 Å². The number of carbonyl (C=O) groups is 1. The molecule has 0 saturated carbocycles. The zero-order valence-electron chi connectivity index (χ0n) is 12.9. The van der Waals surface area contributed by atoms with Gasteiger partial charge in [-0.15, -0.1) is 0 Å². The third-order valence-corrected chi connectivity index (χ3v) is 3.51. The molecule has 0 saturated heterocycles. The molecule has 4 nitrogen and oxygen atoms in total. The molecule has 1 aromatic rings. The van der Waals surface area contributed by atoms with Crippen molar-refractivity contribution in [3.05, 3.63) is 29.8 Å². The zero-order valence-corrected chi connectivity index (χ0v) is 12.9. The van der Waals surface area contributed by atoms with Crippen molar-refractivity contribution >= 4 is 5.91 Å². The fraction of sp³-hybridized carbons (Fsp3) is 0.562. The number of hydrogen-bond acceptors (Lipinski definition) is 3. The first-order valence-corrected chi connectivity index (χ1v) is 7.27. The minimum absolute atomic E-state index is 0.0495. The van der Waals surface area contributed by atoms with Crippen molar-refractivity contribution in [2.24, 2.45) is 0 Å². The molecule has 0 fully saturated rings. The maximum absolute atomic E-state index is 11.8. The average Bonchev–Trinajstić information content (AvgIpc) is 2.50. The van der Waals surface area contributed by atoms with Crippen molar-refractivity contribution in [2.45, 2.75) is 45.7 Å². The molecule has 0 radical (unpaired) electrons. The van der Waals surface area contributed by atoms with Crippen LogP contribution in [0.15, 0.2) is 24.3 Å². The number of carbonyl (C=O) groups excluding carboxylic acids is 1. The lowest BCUT2D eigenvalue weighted by Gasteiger charge is -2.18. The van der Waals surface area contributed by atoms with E-state index in [1.54, 1.807) is 7.11 Å². The quantitative estimate of drug-likeness (QED) is 0.768. The van der Waals surface area contributed by atoms with Crippen LogP contribution in [-0.4, -0.2) is 25.6 Å². The van der Waals surface area contributed by atoms with Gasteiger partial charge in [-0.25, -0.2) is 0 Å². The molecular formula is C16H26N2O2. The van der Waals surface area contributed by atoms with E-state index in [1.165, 1.54) is 0 Å². The molecule has 1 aromatic carbocycles. The SMILES string of the molecule is CCC(CC)NC(=O)CN[C@@H](C)c1cccc(OC)c1. The average molecular weight is 278 g/mol. The lowest BCUT2D eigenvalue weighted by molar-refractivity contribution is -0.121. The number of nitrogens with one attached hydrogen (secondary N) is 2. The number of ether oxygens (including phenoxy) is 1. The molecule has 0 aliphatic heterocycles. The standard InChI is InChI=1S/C16H26N2O2/c1-5-14(6-2)18-16(19)11-17-12(3)13-8-7-9-15(10-13)20-4/h7-10,12,14,17H,5-6,11H2,1-4H3,(H,18,19)/t12-/m0/s1. The van der Waals surface area contributed by atoms with Gasteiger partial charge in [0.2, 0.25) is 5.91 Å². The van der Waals surface area contributed by atoms with E-state index in [2.05, 4.69) is 24.5 Å². The Morgan fingerprint density at radius 2 is 2.00 bits per heavy atom. The van der Waals surface area contributed by atoms with Crippen molar-refractivity contribution < 1.29 is 9.53 Å². The molecule has 2 N–H and O–H groups in total. The van der Waals surface area contributed by atoms with Gasteiger partial charge in [0.25, 0.3) is 0 Å². The Bertz CT molecular complexity index is 417. The molecule has 1 rings (SSSR count). The summed E-state index contributed by atoms with van der Waals surface area (Å²) in [5.41, 5.74) is 1.11. The highest BCUT2D eigenvalue weighted by atomic mass is 16.5. The summed E-state index contributed by atoms with van der Waals surface area (Å²) in [4.78, 5) is 11.8. The molecule has 0 aromatic heterocycles. The van der Waals surface area contributed by atoms with Crippen molar-refractivity contribution in [2.75, 3.05) is 13.7 Å². The summed E-state index contributed by atoms with van der Waals surface area (Å²) in [6.07, 6.45) is 1.93. The van der Waals surface area contributed by atoms with Crippen molar-refractivity contribution in [3.8, 4) is 5.75 Å². The van der Waals surface area contributed by atoms with Crippen LogP contribution in [0.3, 0.4) is 0 Å². The zero-order chi connectivity index (χ0) is 15.0. The van der Waals surface area contributed by atoms with Crippen LogP contribution in [0.2, 0.25) is 0 Å². The lowest BCUT2D eigenvalue weighted by atomic mass is 10.1. The molecule has 0 unspecified atom stereocenters. The van der Waals surface area contributed by atoms with Gasteiger partial charge in [-0.3, -0.25) is 4.79 Å². The predicted molar refractivity (Wildman–Crippen MR) is 81.9 cm³/mol. The van der Waals surface area contributed by atoms with E-state index < -0.39 is 0 Å². The second-order valence-electron chi connectivity index (χ2n) is 4.96. The normalized spacial score (nSPS) is 12.2. The molecule has 1 atom stereocenters. The maximum Gasteiger partial charge on any atom is 0.234 e. The Hall–Kier alpha value is -1.55. The van der Waals surface area contributed by atoms with E-state index in [0.29, 0.717) is 6.54 Å². The fourth-order valence-corrected chi connectivity index (χ4v) is 2.05. The summed E-state index contributed by atoms with van der Waals surface area (Å²) in [6, 6.07) is 8.26. The van der Waals surface area contributed by atoms with Crippen LogP contribution in [0.4, 0.5) is 0 Å². The summed E-state index contributed by atoms with van der Waals surface area (Å²) in [5.74, 6) is 0.881. The molecule has 4 heteroatoms. The Balaban J connectivity index is 2.46. The molecule has 0 bridgehead atoms. The molecule has 112 valence electrons. The monoisotopic (exact) mass is 278 g/mol. The minimum atomic E-state index is 0.0495. The summed E-state index contributed by atoms with van der Waals surface area (Å²) < 4.78 is 5.21. The van der Waals surface area contributed by atoms with Crippen molar-refractivity contribution in [3.63, 3.8) is 0 Å². The first-order chi connectivity index (χ1) is 9.60. The van der Waals surface area contributed by atoms with Crippen LogP contribution in [-0.2, 0) is 4.79 Å². The van der Waals surface area contributed by atoms with Gasteiger partial charge in [0.15, 0.2) is 0 Å². The van der Waals surface area contributed by atoms with Gasteiger partial charge in [0, 0.05) is 12.1 Å². The highest BCUT2D eigenvalue weighted by Gasteiger charge is 2.11. The third-order valence-electron chi connectivity index (χ3n) is 3.51. The molecule has 0 spiro atoms. The first kappa shape index (κ1) is 16.5.